The molecule has 3 atom stereocenters. The standard InChI is InChI=1S/C28H30F3N3O/c1-20(21-10-4-2-5-11-21)26(22-12-9-17-32-19-22)34(25-15-6-3-7-16-25)27(35)33-24-14-8-13-23(18-24)28(29,30)31/h2-8,10-11,13-16,18,20,22,26,32H,9,12,17,19H2,1H3,(H,33,35). The number of anilines is 2. The van der Waals surface area contributed by atoms with Gasteiger partial charge in [-0.2, -0.15) is 13.2 Å². The smallest absolute Gasteiger partial charge is 0.316 e. The van der Waals surface area contributed by atoms with Gasteiger partial charge in [0.2, 0.25) is 0 Å². The van der Waals surface area contributed by atoms with Crippen molar-refractivity contribution < 1.29 is 18.0 Å². The van der Waals surface area contributed by atoms with Crippen molar-refractivity contribution in [2.24, 2.45) is 5.92 Å². The van der Waals surface area contributed by atoms with E-state index in [0.29, 0.717) is 5.69 Å². The zero-order chi connectivity index (χ0) is 24.8. The molecule has 0 spiro atoms. The van der Waals surface area contributed by atoms with Gasteiger partial charge >= 0.3 is 12.2 Å². The molecule has 2 amide bonds. The summed E-state index contributed by atoms with van der Waals surface area (Å²) in [6, 6.07) is 23.5. The summed E-state index contributed by atoms with van der Waals surface area (Å²) < 4.78 is 39.8. The van der Waals surface area contributed by atoms with Crippen molar-refractivity contribution in [3.05, 3.63) is 96.1 Å². The van der Waals surface area contributed by atoms with Crippen LogP contribution in [-0.4, -0.2) is 25.2 Å². The topological polar surface area (TPSA) is 44.4 Å². The number of nitrogens with one attached hydrogen (secondary N) is 2. The van der Waals surface area contributed by atoms with Gasteiger partial charge in [0.05, 0.1) is 5.56 Å². The van der Waals surface area contributed by atoms with Crippen LogP contribution in [0.2, 0.25) is 0 Å². The van der Waals surface area contributed by atoms with Crippen molar-refractivity contribution >= 4 is 17.4 Å². The molecule has 7 heteroatoms. The van der Waals surface area contributed by atoms with Crippen molar-refractivity contribution in [1.82, 2.24) is 5.32 Å². The van der Waals surface area contributed by atoms with E-state index >= 15 is 0 Å². The molecule has 4 rings (SSSR count). The van der Waals surface area contributed by atoms with Crippen LogP contribution in [0.1, 0.15) is 36.8 Å². The second-order valence-corrected chi connectivity index (χ2v) is 9.01. The monoisotopic (exact) mass is 481 g/mol. The predicted molar refractivity (Wildman–Crippen MR) is 134 cm³/mol. The highest BCUT2D eigenvalue weighted by molar-refractivity contribution is 6.02. The third-order valence-corrected chi connectivity index (χ3v) is 6.65. The van der Waals surface area contributed by atoms with Gasteiger partial charge in [-0.25, -0.2) is 4.79 Å². The zero-order valence-electron chi connectivity index (χ0n) is 19.6. The van der Waals surface area contributed by atoms with E-state index in [-0.39, 0.29) is 23.6 Å². The Bertz CT molecular complexity index is 1100. The van der Waals surface area contributed by atoms with Crippen LogP contribution in [0.4, 0.5) is 29.3 Å². The number of amides is 2. The summed E-state index contributed by atoms with van der Waals surface area (Å²) in [4.78, 5) is 15.5. The van der Waals surface area contributed by atoms with Gasteiger partial charge in [-0.15, -0.1) is 0 Å². The highest BCUT2D eigenvalue weighted by Gasteiger charge is 2.37. The van der Waals surface area contributed by atoms with Gasteiger partial charge in [0.15, 0.2) is 0 Å². The molecule has 0 radical (unpaired) electrons. The maximum Gasteiger partial charge on any atom is 0.416 e. The van der Waals surface area contributed by atoms with Crippen LogP contribution in [-0.2, 0) is 6.18 Å². The summed E-state index contributed by atoms with van der Waals surface area (Å²) in [5, 5.41) is 6.20. The second kappa shape index (κ2) is 11.0. The van der Waals surface area contributed by atoms with Gasteiger partial charge in [0.25, 0.3) is 0 Å². The fraction of sp³-hybridized carbons (Fsp3) is 0.321. The number of alkyl halides is 3. The first-order valence-electron chi connectivity index (χ1n) is 11.9. The van der Waals surface area contributed by atoms with E-state index in [2.05, 4.69) is 29.7 Å². The third-order valence-electron chi connectivity index (χ3n) is 6.65. The van der Waals surface area contributed by atoms with E-state index in [1.807, 2.05) is 48.5 Å². The van der Waals surface area contributed by atoms with Gasteiger partial charge in [0.1, 0.15) is 0 Å². The number of hydrogen-bond donors (Lipinski definition) is 2. The summed E-state index contributed by atoms with van der Waals surface area (Å²) in [7, 11) is 0. The molecule has 184 valence electrons. The van der Waals surface area contributed by atoms with Crippen molar-refractivity contribution in [3.63, 3.8) is 0 Å². The Labute approximate surface area is 204 Å². The van der Waals surface area contributed by atoms with Crippen LogP contribution in [0.3, 0.4) is 0 Å². The molecule has 2 N–H and O–H groups in total. The van der Waals surface area contributed by atoms with E-state index in [9.17, 15) is 18.0 Å². The van der Waals surface area contributed by atoms with Gasteiger partial charge < -0.3 is 10.6 Å². The molecule has 3 aromatic rings. The maximum atomic E-state index is 13.8. The minimum absolute atomic E-state index is 0.00596. The fourth-order valence-electron chi connectivity index (χ4n) is 4.94. The highest BCUT2D eigenvalue weighted by atomic mass is 19.4. The van der Waals surface area contributed by atoms with Crippen LogP contribution in [0.15, 0.2) is 84.9 Å². The Morgan fingerprint density at radius 3 is 2.31 bits per heavy atom. The molecule has 0 saturated carbocycles. The molecule has 3 unspecified atom stereocenters. The summed E-state index contributed by atoms with van der Waals surface area (Å²) in [5.74, 6) is 0.167. The zero-order valence-corrected chi connectivity index (χ0v) is 19.6. The number of hydrogen-bond acceptors (Lipinski definition) is 2. The molecule has 3 aromatic carbocycles. The molecule has 0 aromatic heterocycles. The average Bonchev–Trinajstić information content (AvgIpc) is 2.88. The maximum absolute atomic E-state index is 13.8. The number of carbonyl (C=O) groups is 1. The second-order valence-electron chi connectivity index (χ2n) is 9.01. The summed E-state index contributed by atoms with van der Waals surface area (Å²) in [6.07, 6.45) is -2.53. The highest BCUT2D eigenvalue weighted by Crippen LogP contribution is 2.36. The number of piperidine rings is 1. The number of benzene rings is 3. The molecule has 0 aliphatic carbocycles. The Morgan fingerprint density at radius 2 is 1.69 bits per heavy atom. The molecular weight excluding hydrogens is 451 g/mol. The Kier molecular flexibility index (Phi) is 7.76. The molecule has 1 fully saturated rings. The van der Waals surface area contributed by atoms with Gasteiger partial charge in [-0.05, 0) is 67.7 Å². The lowest BCUT2D eigenvalue weighted by atomic mass is 9.80. The first-order valence-corrected chi connectivity index (χ1v) is 11.9. The molecule has 1 aliphatic rings. The summed E-state index contributed by atoms with van der Waals surface area (Å²) in [5.41, 5.74) is 1.12. The predicted octanol–water partition coefficient (Wildman–Crippen LogP) is 6.92. The Morgan fingerprint density at radius 1 is 1.00 bits per heavy atom. The first-order chi connectivity index (χ1) is 16.8. The number of para-hydroxylation sites is 1. The SMILES string of the molecule is CC(c1ccccc1)C(C1CCCNC1)N(C(=O)Nc1cccc(C(F)(F)F)c1)c1ccccc1. The third kappa shape index (κ3) is 6.03. The normalized spacial score (nSPS) is 17.9. The summed E-state index contributed by atoms with van der Waals surface area (Å²) >= 11 is 0. The van der Waals surface area contributed by atoms with Crippen molar-refractivity contribution in [3.8, 4) is 0 Å². The van der Waals surface area contributed by atoms with E-state index in [4.69, 9.17) is 0 Å². The van der Waals surface area contributed by atoms with E-state index < -0.39 is 17.8 Å². The number of rotatable bonds is 6. The van der Waals surface area contributed by atoms with E-state index in [1.165, 1.54) is 12.1 Å². The largest absolute Gasteiger partial charge is 0.416 e. The van der Waals surface area contributed by atoms with E-state index in [0.717, 1.165) is 43.6 Å². The molecule has 1 heterocycles. The van der Waals surface area contributed by atoms with Gasteiger partial charge in [0, 0.05) is 23.3 Å². The first kappa shape index (κ1) is 24.8. The number of urea groups is 1. The van der Waals surface area contributed by atoms with Crippen molar-refractivity contribution in [2.45, 2.75) is 37.9 Å². The van der Waals surface area contributed by atoms with Crippen LogP contribution in [0.25, 0.3) is 0 Å². The quantitative estimate of drug-likeness (QED) is 0.402. The lowest BCUT2D eigenvalue weighted by Gasteiger charge is -2.42. The molecule has 1 aliphatic heterocycles. The molecular formula is C28H30F3N3O. The lowest BCUT2D eigenvalue weighted by molar-refractivity contribution is -0.137. The van der Waals surface area contributed by atoms with Crippen LogP contribution in [0, 0.1) is 5.92 Å². The van der Waals surface area contributed by atoms with Crippen molar-refractivity contribution in [2.75, 3.05) is 23.3 Å². The number of nitrogens with zero attached hydrogens (tertiary/aromatic N) is 1. The van der Waals surface area contributed by atoms with Crippen LogP contribution in [0.5, 0.6) is 0 Å². The Balaban J connectivity index is 1.73. The number of halogens is 3. The minimum atomic E-state index is -4.49. The lowest BCUT2D eigenvalue weighted by Crippen LogP contribution is -2.53. The fourth-order valence-corrected chi connectivity index (χ4v) is 4.94. The van der Waals surface area contributed by atoms with Gasteiger partial charge in [-0.3, -0.25) is 4.90 Å². The molecule has 0 bridgehead atoms. The number of carbonyl (C=O) groups excluding carboxylic acids is 1. The molecule has 35 heavy (non-hydrogen) atoms. The van der Waals surface area contributed by atoms with Crippen molar-refractivity contribution in [1.29, 1.82) is 0 Å². The molecule has 1 saturated heterocycles. The van der Waals surface area contributed by atoms with E-state index in [1.54, 1.807) is 4.90 Å². The Hall–Kier alpha value is -3.32. The summed E-state index contributed by atoms with van der Waals surface area (Å²) in [6.45, 7) is 3.81. The van der Waals surface area contributed by atoms with Crippen LogP contribution >= 0.6 is 0 Å². The minimum Gasteiger partial charge on any atom is -0.316 e. The average molecular weight is 482 g/mol. The van der Waals surface area contributed by atoms with Crippen LogP contribution < -0.4 is 15.5 Å². The molecule has 4 nitrogen and oxygen atoms in total. The van der Waals surface area contributed by atoms with Gasteiger partial charge in [-0.1, -0.05) is 61.5 Å².